The van der Waals surface area contributed by atoms with E-state index < -0.39 is 0 Å². The van der Waals surface area contributed by atoms with E-state index in [-0.39, 0.29) is 5.54 Å². The normalized spacial score (nSPS) is 14.4. The lowest BCUT2D eigenvalue weighted by molar-refractivity contribution is 0.407. The number of rotatable bonds is 0. The van der Waals surface area contributed by atoms with Crippen molar-refractivity contribution in [3.63, 3.8) is 0 Å². The zero-order valence-electron chi connectivity index (χ0n) is 11.5. The Hall–Kier alpha value is -2.17. The molecule has 0 unspecified atom stereocenters. The molecule has 0 bridgehead atoms. The lowest BCUT2D eigenvalue weighted by Gasteiger charge is -2.21. The number of ether oxygens (including phenoxy) is 1. The van der Waals surface area contributed by atoms with E-state index >= 15 is 0 Å². The van der Waals surface area contributed by atoms with Gasteiger partial charge in [0.2, 0.25) is 5.90 Å². The topological polar surface area (TPSA) is 52.3 Å². The van der Waals surface area contributed by atoms with Gasteiger partial charge in [0.15, 0.2) is 5.82 Å². The fourth-order valence-electron chi connectivity index (χ4n) is 2.21. The van der Waals surface area contributed by atoms with E-state index in [1.807, 2.05) is 12.2 Å². The molecule has 0 amide bonds. The maximum absolute atomic E-state index is 5.20. The molecule has 1 aliphatic rings. The highest BCUT2D eigenvalue weighted by Crippen LogP contribution is 2.33. The number of hydrogen-bond acceptors (Lipinski definition) is 4. The van der Waals surface area contributed by atoms with Gasteiger partial charge in [-0.2, -0.15) is 4.99 Å². The van der Waals surface area contributed by atoms with E-state index in [0.717, 1.165) is 16.6 Å². The lowest BCUT2D eigenvalue weighted by atomic mass is 10.1. The van der Waals surface area contributed by atoms with Gasteiger partial charge in [0.25, 0.3) is 0 Å². The summed E-state index contributed by atoms with van der Waals surface area (Å²) in [5.41, 5.74) is 1.93. The van der Waals surface area contributed by atoms with Crippen molar-refractivity contribution in [2.24, 2.45) is 4.99 Å². The van der Waals surface area contributed by atoms with Crippen LogP contribution in [0.2, 0.25) is 0 Å². The van der Waals surface area contributed by atoms with Gasteiger partial charge in [-0.1, -0.05) is 0 Å². The monoisotopic (exact) mass is 256 g/mol. The number of nitrogens with zero attached hydrogens (tertiary/aromatic N) is 4. The maximum Gasteiger partial charge on any atom is 0.215 e. The Morgan fingerprint density at radius 1 is 1.16 bits per heavy atom. The summed E-state index contributed by atoms with van der Waals surface area (Å²) in [5, 5.41) is 0.973. The quantitative estimate of drug-likeness (QED) is 0.728. The largest absolute Gasteiger partial charge is 0.481 e. The van der Waals surface area contributed by atoms with E-state index in [4.69, 9.17) is 4.74 Å². The van der Waals surface area contributed by atoms with E-state index in [1.165, 1.54) is 0 Å². The average molecular weight is 256 g/mol. The van der Waals surface area contributed by atoms with E-state index in [9.17, 15) is 0 Å². The molecule has 0 fully saturated rings. The molecule has 0 radical (unpaired) electrons. The summed E-state index contributed by atoms with van der Waals surface area (Å²) in [6.45, 7) is 6.45. The van der Waals surface area contributed by atoms with E-state index in [1.54, 1.807) is 13.4 Å². The molecule has 3 heterocycles. The smallest absolute Gasteiger partial charge is 0.215 e. The molecule has 2 aromatic heterocycles. The van der Waals surface area contributed by atoms with E-state index in [2.05, 4.69) is 46.5 Å². The fraction of sp³-hybridized carbons (Fsp3) is 0.357. The van der Waals surface area contributed by atoms with Crippen molar-refractivity contribution in [1.82, 2.24) is 14.5 Å². The maximum atomic E-state index is 5.20. The molecule has 0 aliphatic carbocycles. The van der Waals surface area contributed by atoms with Crippen LogP contribution < -0.4 is 0 Å². The second-order valence-electron chi connectivity index (χ2n) is 5.51. The Labute approximate surface area is 111 Å². The van der Waals surface area contributed by atoms with Gasteiger partial charge >= 0.3 is 0 Å². The van der Waals surface area contributed by atoms with E-state index in [0.29, 0.717) is 11.7 Å². The Kier molecular flexibility index (Phi) is 2.45. The van der Waals surface area contributed by atoms with Crippen LogP contribution in [0.1, 0.15) is 26.3 Å². The third-order valence-corrected chi connectivity index (χ3v) is 3.15. The third kappa shape index (κ3) is 1.82. The van der Waals surface area contributed by atoms with Crippen molar-refractivity contribution in [2.75, 3.05) is 7.11 Å². The van der Waals surface area contributed by atoms with Crippen LogP contribution in [0, 0.1) is 0 Å². The minimum Gasteiger partial charge on any atom is -0.481 e. The van der Waals surface area contributed by atoms with Crippen molar-refractivity contribution in [1.29, 1.82) is 0 Å². The minimum atomic E-state index is -0.0387. The molecule has 98 valence electrons. The Balaban J connectivity index is 2.36. The first kappa shape index (κ1) is 11.9. The van der Waals surface area contributed by atoms with Crippen molar-refractivity contribution in [3.8, 4) is 0 Å². The fourth-order valence-corrected chi connectivity index (χ4v) is 2.21. The van der Waals surface area contributed by atoms with Gasteiger partial charge in [0.05, 0.1) is 12.5 Å². The standard InChI is InChI=1S/C14H16N4O/c1-14(2,3)18-7-9-5-6-10(19-4)17-12-11(9)13(18)16-8-15-12/h5-8H,1-4H3. The molecule has 19 heavy (non-hydrogen) atoms. The number of methoxy groups -OCH3 is 1. The minimum absolute atomic E-state index is 0.0387. The third-order valence-electron chi connectivity index (χ3n) is 3.15. The molecule has 2 aromatic rings. The van der Waals surface area contributed by atoms with Crippen LogP contribution in [-0.4, -0.2) is 27.5 Å². The molecule has 0 saturated carbocycles. The molecule has 0 atom stereocenters. The van der Waals surface area contributed by atoms with Gasteiger partial charge in [0.1, 0.15) is 12.0 Å². The van der Waals surface area contributed by atoms with Crippen LogP contribution in [0.15, 0.2) is 23.6 Å². The first-order valence-corrected chi connectivity index (χ1v) is 6.18. The summed E-state index contributed by atoms with van der Waals surface area (Å²) in [7, 11) is 1.60. The Bertz CT molecular complexity index is 704. The average Bonchev–Trinajstić information content (AvgIpc) is 2.63. The van der Waals surface area contributed by atoms with Crippen molar-refractivity contribution >= 4 is 28.8 Å². The first-order valence-electron chi connectivity index (χ1n) is 6.18. The predicted octanol–water partition coefficient (Wildman–Crippen LogP) is 2.89. The molecular formula is C14H16N4O. The van der Waals surface area contributed by atoms with Crippen LogP contribution >= 0.6 is 0 Å². The second-order valence-corrected chi connectivity index (χ2v) is 5.51. The van der Waals surface area contributed by atoms with Crippen LogP contribution in [-0.2, 0) is 10.3 Å². The highest BCUT2D eigenvalue weighted by molar-refractivity contribution is 6.04. The molecule has 0 saturated heterocycles. The SMILES string of the molecule is COC1=Nc2ncnc3c2c(cn3C(C)(C)C)C=C1. The molecule has 0 aromatic carbocycles. The number of aliphatic imine (C=N–C) groups is 1. The summed E-state index contributed by atoms with van der Waals surface area (Å²) in [5.74, 6) is 1.21. The summed E-state index contributed by atoms with van der Waals surface area (Å²) in [4.78, 5) is 13.1. The molecule has 0 N–H and O–H groups in total. The van der Waals surface area contributed by atoms with Gasteiger partial charge in [0, 0.05) is 23.4 Å². The van der Waals surface area contributed by atoms with Crippen LogP contribution in [0.25, 0.3) is 17.1 Å². The predicted molar refractivity (Wildman–Crippen MR) is 75.7 cm³/mol. The zero-order valence-corrected chi connectivity index (χ0v) is 11.5. The summed E-state index contributed by atoms with van der Waals surface area (Å²) in [6.07, 6.45) is 7.48. The molecule has 0 spiro atoms. The molecule has 1 aliphatic heterocycles. The summed E-state index contributed by atoms with van der Waals surface area (Å²) >= 11 is 0. The molecule has 5 nitrogen and oxygen atoms in total. The van der Waals surface area contributed by atoms with Gasteiger partial charge in [-0.15, -0.1) is 0 Å². The van der Waals surface area contributed by atoms with Crippen LogP contribution in [0.5, 0.6) is 0 Å². The highest BCUT2D eigenvalue weighted by atomic mass is 16.5. The van der Waals surface area contributed by atoms with Gasteiger partial charge in [-0.25, -0.2) is 9.97 Å². The molecule has 5 heteroatoms. The van der Waals surface area contributed by atoms with Gasteiger partial charge < -0.3 is 9.30 Å². The lowest BCUT2D eigenvalue weighted by Crippen LogP contribution is -2.21. The molecular weight excluding hydrogens is 240 g/mol. The van der Waals surface area contributed by atoms with Gasteiger partial charge in [-0.05, 0) is 26.8 Å². The Morgan fingerprint density at radius 3 is 2.63 bits per heavy atom. The summed E-state index contributed by atoms with van der Waals surface area (Å²) < 4.78 is 7.35. The van der Waals surface area contributed by atoms with Crippen molar-refractivity contribution in [3.05, 3.63) is 24.2 Å². The van der Waals surface area contributed by atoms with Crippen LogP contribution in [0.4, 0.5) is 5.82 Å². The van der Waals surface area contributed by atoms with Crippen molar-refractivity contribution < 1.29 is 4.74 Å². The number of hydrogen-bond donors (Lipinski definition) is 0. The first-order chi connectivity index (χ1) is 9.00. The highest BCUT2D eigenvalue weighted by Gasteiger charge is 2.22. The number of aromatic nitrogens is 3. The van der Waals surface area contributed by atoms with Crippen LogP contribution in [0.3, 0.4) is 0 Å². The molecule has 3 rings (SSSR count). The van der Waals surface area contributed by atoms with Gasteiger partial charge in [-0.3, -0.25) is 0 Å². The zero-order chi connectivity index (χ0) is 13.6. The second kappa shape index (κ2) is 3.91. The Morgan fingerprint density at radius 2 is 1.95 bits per heavy atom. The summed E-state index contributed by atoms with van der Waals surface area (Å²) in [6, 6.07) is 0. The van der Waals surface area contributed by atoms with Crippen molar-refractivity contribution in [2.45, 2.75) is 26.3 Å².